The number of anilines is 1. The second-order valence-electron chi connectivity index (χ2n) is 8.34. The third-order valence-electron chi connectivity index (χ3n) is 6.67. The van der Waals surface area contributed by atoms with Crippen LogP contribution in [0.5, 0.6) is 0 Å². The first kappa shape index (κ1) is 19.4. The number of carbonyl (C=O) groups excluding carboxylic acids is 1. The minimum absolute atomic E-state index is 0.0125. The van der Waals surface area contributed by atoms with Crippen molar-refractivity contribution >= 4 is 34.2 Å². The molecule has 2 aliphatic carbocycles. The molecule has 1 amide bonds. The molecule has 1 heterocycles. The lowest BCUT2D eigenvalue weighted by molar-refractivity contribution is -0.120. The van der Waals surface area contributed by atoms with E-state index in [4.69, 9.17) is 11.6 Å². The van der Waals surface area contributed by atoms with Gasteiger partial charge in [0.15, 0.2) is 11.6 Å². The van der Waals surface area contributed by atoms with Crippen LogP contribution in [0.3, 0.4) is 0 Å². The first-order valence-corrected chi connectivity index (χ1v) is 10.3. The van der Waals surface area contributed by atoms with Crippen molar-refractivity contribution in [1.82, 2.24) is 9.55 Å². The summed E-state index contributed by atoms with van der Waals surface area (Å²) >= 11 is 5.68. The summed E-state index contributed by atoms with van der Waals surface area (Å²) in [5.41, 5.74) is 1.41. The van der Waals surface area contributed by atoms with Gasteiger partial charge in [-0.25, -0.2) is 18.2 Å². The molecule has 1 aromatic heterocycles. The molecule has 2 saturated carbocycles. The van der Waals surface area contributed by atoms with Crippen molar-refractivity contribution in [1.29, 1.82) is 0 Å². The van der Waals surface area contributed by atoms with E-state index in [1.807, 2.05) is 11.5 Å². The number of imidazole rings is 1. The Kier molecular flexibility index (Phi) is 4.54. The zero-order chi connectivity index (χ0) is 21.2. The van der Waals surface area contributed by atoms with Crippen molar-refractivity contribution in [2.24, 2.45) is 23.7 Å². The molecule has 0 spiro atoms. The van der Waals surface area contributed by atoms with E-state index in [0.29, 0.717) is 28.6 Å². The third-order valence-corrected chi connectivity index (χ3v) is 6.98. The number of rotatable bonds is 4. The van der Waals surface area contributed by atoms with Crippen LogP contribution in [-0.2, 0) is 4.79 Å². The van der Waals surface area contributed by atoms with Crippen molar-refractivity contribution in [2.45, 2.75) is 25.8 Å². The van der Waals surface area contributed by atoms with E-state index in [1.54, 1.807) is 12.4 Å². The number of fused-ring (bicyclic) bond motifs is 2. The first-order chi connectivity index (χ1) is 14.3. The van der Waals surface area contributed by atoms with Crippen LogP contribution in [-0.4, -0.2) is 15.5 Å². The van der Waals surface area contributed by atoms with Gasteiger partial charge in [0.05, 0.1) is 22.4 Å². The highest BCUT2D eigenvalue weighted by atomic mass is 35.5. The number of nitrogens with zero attached hydrogens (tertiary/aromatic N) is 2. The number of aromatic nitrogens is 2. The highest BCUT2D eigenvalue weighted by molar-refractivity contribution is 6.30. The molecule has 2 fully saturated rings. The van der Waals surface area contributed by atoms with Crippen LogP contribution in [0.1, 0.15) is 25.8 Å². The van der Waals surface area contributed by atoms with E-state index >= 15 is 0 Å². The van der Waals surface area contributed by atoms with Crippen LogP contribution in [0.15, 0.2) is 36.7 Å². The topological polar surface area (TPSA) is 46.9 Å². The predicted molar refractivity (Wildman–Crippen MR) is 108 cm³/mol. The van der Waals surface area contributed by atoms with Gasteiger partial charge in [0.25, 0.3) is 0 Å². The Morgan fingerprint density at radius 2 is 1.83 bits per heavy atom. The molecule has 4 nitrogen and oxygen atoms in total. The van der Waals surface area contributed by atoms with Crippen LogP contribution >= 0.6 is 11.6 Å². The average molecular weight is 434 g/mol. The van der Waals surface area contributed by atoms with Crippen molar-refractivity contribution in [3.8, 4) is 0 Å². The van der Waals surface area contributed by atoms with Crippen LogP contribution < -0.4 is 5.32 Å². The quantitative estimate of drug-likeness (QED) is 0.584. The summed E-state index contributed by atoms with van der Waals surface area (Å²) in [6.45, 7) is 1.89. The predicted octanol–water partition coefficient (Wildman–Crippen LogP) is 5.58. The Labute approximate surface area is 176 Å². The highest BCUT2D eigenvalue weighted by Crippen LogP contribution is 2.64. The second kappa shape index (κ2) is 7.01. The fourth-order valence-corrected chi connectivity index (χ4v) is 5.27. The first-order valence-electron chi connectivity index (χ1n) is 9.91. The summed E-state index contributed by atoms with van der Waals surface area (Å²) in [5, 5.41) is 2.78. The molecule has 5 atom stereocenters. The lowest BCUT2D eigenvalue weighted by Gasteiger charge is -2.20. The molecule has 2 aromatic carbocycles. The van der Waals surface area contributed by atoms with Gasteiger partial charge in [0.1, 0.15) is 5.82 Å². The Morgan fingerprint density at radius 3 is 2.53 bits per heavy atom. The van der Waals surface area contributed by atoms with E-state index in [2.05, 4.69) is 10.3 Å². The SMILES string of the molecule is CC(C(=O)Nc1ccc(Cl)c(F)c1)C1[C@H]2CC(n3cnc4cc(F)c(F)cc43)C[C@@H]12. The summed E-state index contributed by atoms with van der Waals surface area (Å²) in [4.78, 5) is 16.8. The minimum atomic E-state index is -0.900. The highest BCUT2D eigenvalue weighted by Gasteiger charge is 2.59. The van der Waals surface area contributed by atoms with Gasteiger partial charge in [-0.05, 0) is 48.8 Å². The van der Waals surface area contributed by atoms with Gasteiger partial charge in [-0.1, -0.05) is 18.5 Å². The molecule has 0 aliphatic heterocycles. The van der Waals surface area contributed by atoms with Gasteiger partial charge in [0, 0.05) is 29.8 Å². The van der Waals surface area contributed by atoms with Gasteiger partial charge in [-0.2, -0.15) is 0 Å². The maximum absolute atomic E-state index is 13.7. The molecule has 30 heavy (non-hydrogen) atoms. The smallest absolute Gasteiger partial charge is 0.227 e. The average Bonchev–Trinajstić information content (AvgIpc) is 3.02. The number of carbonyl (C=O) groups is 1. The van der Waals surface area contributed by atoms with Crippen LogP contribution in [0.25, 0.3) is 11.0 Å². The summed E-state index contributed by atoms with van der Waals surface area (Å²) in [6.07, 6.45) is 3.37. The summed E-state index contributed by atoms with van der Waals surface area (Å²) in [6, 6.07) is 6.67. The molecule has 156 valence electrons. The van der Waals surface area contributed by atoms with Crippen molar-refractivity contribution < 1.29 is 18.0 Å². The van der Waals surface area contributed by atoms with Gasteiger partial charge in [0.2, 0.25) is 5.91 Å². The van der Waals surface area contributed by atoms with Gasteiger partial charge in [-0.3, -0.25) is 4.79 Å². The van der Waals surface area contributed by atoms with Crippen molar-refractivity contribution in [3.63, 3.8) is 0 Å². The maximum atomic E-state index is 13.7. The summed E-state index contributed by atoms with van der Waals surface area (Å²) in [5.74, 6) is -1.62. The molecular formula is C22H19ClF3N3O. The zero-order valence-corrected chi connectivity index (χ0v) is 16.8. The van der Waals surface area contributed by atoms with E-state index in [-0.39, 0.29) is 28.8 Å². The summed E-state index contributed by atoms with van der Waals surface area (Å²) in [7, 11) is 0. The molecule has 0 saturated heterocycles. The van der Waals surface area contributed by atoms with Crippen molar-refractivity contribution in [2.75, 3.05) is 5.32 Å². The lowest BCUT2D eigenvalue weighted by atomic mass is 9.96. The lowest BCUT2D eigenvalue weighted by Crippen LogP contribution is -2.24. The van der Waals surface area contributed by atoms with E-state index < -0.39 is 17.5 Å². The number of hydrogen-bond donors (Lipinski definition) is 1. The maximum Gasteiger partial charge on any atom is 0.227 e. The van der Waals surface area contributed by atoms with E-state index in [1.165, 1.54) is 18.2 Å². The zero-order valence-electron chi connectivity index (χ0n) is 16.1. The van der Waals surface area contributed by atoms with Gasteiger partial charge in [-0.15, -0.1) is 0 Å². The van der Waals surface area contributed by atoms with E-state index in [0.717, 1.165) is 18.9 Å². The molecular weight excluding hydrogens is 415 g/mol. The Balaban J connectivity index is 1.24. The molecule has 8 heteroatoms. The molecule has 2 aliphatic rings. The second-order valence-corrected chi connectivity index (χ2v) is 8.75. The molecule has 0 radical (unpaired) electrons. The number of hydrogen-bond acceptors (Lipinski definition) is 2. The van der Waals surface area contributed by atoms with Crippen LogP contribution in [0, 0.1) is 41.1 Å². The third kappa shape index (κ3) is 3.16. The monoisotopic (exact) mass is 433 g/mol. The van der Waals surface area contributed by atoms with Crippen LogP contribution in [0.2, 0.25) is 5.02 Å². The van der Waals surface area contributed by atoms with Gasteiger partial charge >= 0.3 is 0 Å². The minimum Gasteiger partial charge on any atom is -0.327 e. The number of halogens is 4. The normalized spacial score (nSPS) is 25.9. The van der Waals surface area contributed by atoms with Crippen molar-refractivity contribution in [3.05, 3.63) is 59.1 Å². The number of benzene rings is 2. The Morgan fingerprint density at radius 1 is 1.13 bits per heavy atom. The fourth-order valence-electron chi connectivity index (χ4n) is 5.15. The summed E-state index contributed by atoms with van der Waals surface area (Å²) < 4.78 is 42.6. The van der Waals surface area contributed by atoms with E-state index in [9.17, 15) is 18.0 Å². The standard InChI is InChI=1S/C22H19ClF3N3O/c1-10(22(30)28-11-2-3-15(23)16(24)4-11)21-13-5-12(6-14(13)21)29-9-27-19-7-17(25)18(26)8-20(19)29/h2-4,7-10,12-14,21H,5-6H2,1H3,(H,28,30)/t10?,12?,13-,14+,21?. The molecule has 3 unspecified atom stereocenters. The molecule has 5 rings (SSSR count). The number of amides is 1. The Bertz CT molecular complexity index is 1150. The Hall–Kier alpha value is -2.54. The molecule has 1 N–H and O–H groups in total. The van der Waals surface area contributed by atoms with Gasteiger partial charge < -0.3 is 9.88 Å². The largest absolute Gasteiger partial charge is 0.327 e. The van der Waals surface area contributed by atoms with Crippen LogP contribution in [0.4, 0.5) is 18.9 Å². The fraction of sp³-hybridized carbons (Fsp3) is 0.364. The molecule has 3 aromatic rings. The number of nitrogens with one attached hydrogen (secondary N) is 1. The molecule has 0 bridgehead atoms.